The number of amidine groups is 1. The highest BCUT2D eigenvalue weighted by Gasteiger charge is 2.26. The van der Waals surface area contributed by atoms with Gasteiger partial charge < -0.3 is 5.11 Å². The van der Waals surface area contributed by atoms with Crippen LogP contribution in [0.5, 0.6) is 5.75 Å². The van der Waals surface area contributed by atoms with Gasteiger partial charge in [-0.15, -0.1) is 0 Å². The first-order chi connectivity index (χ1) is 15.1. The van der Waals surface area contributed by atoms with Crippen molar-refractivity contribution in [2.45, 2.75) is 52.4 Å². The summed E-state index contributed by atoms with van der Waals surface area (Å²) < 4.78 is 0. The summed E-state index contributed by atoms with van der Waals surface area (Å²) in [4.78, 5) is 7.91. The summed E-state index contributed by atoms with van der Waals surface area (Å²) in [5.41, 5.74) is 7.08. The van der Waals surface area contributed by atoms with E-state index in [1.165, 1.54) is 0 Å². The van der Waals surface area contributed by atoms with Crippen LogP contribution >= 0.6 is 0 Å². The van der Waals surface area contributed by atoms with Crippen LogP contribution in [0.3, 0.4) is 0 Å². The van der Waals surface area contributed by atoms with Gasteiger partial charge in [-0.2, -0.15) is 5.10 Å². The second-order valence-electron chi connectivity index (χ2n) is 9.91. The molecule has 0 radical (unpaired) electrons. The van der Waals surface area contributed by atoms with Gasteiger partial charge in [0.1, 0.15) is 5.75 Å². The number of hydrazone groups is 1. The maximum Gasteiger partial charge on any atom is 0.248 e. The lowest BCUT2D eigenvalue weighted by Gasteiger charge is -2.27. The standard InChI is InChI=1S/C27H32N4O/c1-26(2,3)21-16-19(17-22(24(21)32)27(4,5)6)18-29-31-25(23-14-10-11-15-28-23)30-20-12-8-7-9-13-20/h7-18,32H,1-6H3,(H,30,31)/p+1. The predicted octanol–water partition coefficient (Wildman–Crippen LogP) is 5.50. The Labute approximate surface area is 191 Å². The van der Waals surface area contributed by atoms with Crippen molar-refractivity contribution in [1.82, 2.24) is 5.43 Å². The van der Waals surface area contributed by atoms with E-state index in [9.17, 15) is 5.11 Å². The van der Waals surface area contributed by atoms with Gasteiger partial charge >= 0.3 is 0 Å². The van der Waals surface area contributed by atoms with Gasteiger partial charge in [-0.1, -0.05) is 59.7 Å². The van der Waals surface area contributed by atoms with Crippen LogP contribution in [0.15, 0.2) is 77.0 Å². The van der Waals surface area contributed by atoms with Crippen molar-refractivity contribution < 1.29 is 10.1 Å². The summed E-state index contributed by atoms with van der Waals surface area (Å²) in [7, 11) is 0. The fourth-order valence-corrected chi connectivity index (χ4v) is 3.36. The molecule has 3 rings (SSSR count). The van der Waals surface area contributed by atoms with Gasteiger partial charge in [0.05, 0.1) is 11.9 Å². The van der Waals surface area contributed by atoms with E-state index < -0.39 is 0 Å². The molecule has 0 saturated heterocycles. The third kappa shape index (κ3) is 5.82. The lowest BCUT2D eigenvalue weighted by Crippen LogP contribution is -2.26. The molecule has 3 N–H and O–H groups in total. The minimum atomic E-state index is -0.194. The van der Waals surface area contributed by atoms with Gasteiger partial charge in [0.25, 0.3) is 0 Å². The van der Waals surface area contributed by atoms with Gasteiger partial charge in [-0.3, -0.25) is 5.43 Å². The number of aromatic hydroxyl groups is 1. The average molecular weight is 430 g/mol. The first-order valence-electron chi connectivity index (χ1n) is 10.8. The predicted molar refractivity (Wildman–Crippen MR) is 132 cm³/mol. The van der Waals surface area contributed by atoms with Gasteiger partial charge in [-0.05, 0) is 46.7 Å². The number of phenols is 1. The topological polar surface area (TPSA) is 71.1 Å². The highest BCUT2D eigenvalue weighted by atomic mass is 16.3. The van der Waals surface area contributed by atoms with Crippen LogP contribution in [-0.2, 0) is 10.8 Å². The first-order valence-corrected chi connectivity index (χ1v) is 10.8. The van der Waals surface area contributed by atoms with Crippen molar-refractivity contribution in [3.63, 3.8) is 0 Å². The molecular weight excluding hydrogens is 396 g/mol. The van der Waals surface area contributed by atoms with Crippen molar-refractivity contribution in [2.24, 2.45) is 10.1 Å². The monoisotopic (exact) mass is 429 g/mol. The van der Waals surface area contributed by atoms with Crippen LogP contribution in [0.1, 0.15) is 63.9 Å². The minimum absolute atomic E-state index is 0.194. The van der Waals surface area contributed by atoms with E-state index in [2.05, 4.69) is 57.1 Å². The van der Waals surface area contributed by atoms with Crippen LogP contribution in [0, 0.1) is 0 Å². The van der Waals surface area contributed by atoms with E-state index in [1.54, 1.807) is 6.21 Å². The Bertz CT molecular complexity index is 1070. The Morgan fingerprint density at radius 2 is 1.47 bits per heavy atom. The van der Waals surface area contributed by atoms with E-state index in [-0.39, 0.29) is 10.8 Å². The Balaban J connectivity index is 1.97. The lowest BCUT2D eigenvalue weighted by atomic mass is 9.78. The number of nitrogens with zero attached hydrogens (tertiary/aromatic N) is 2. The van der Waals surface area contributed by atoms with E-state index in [4.69, 9.17) is 4.99 Å². The second-order valence-corrected chi connectivity index (χ2v) is 9.91. The molecule has 5 heteroatoms. The SMILES string of the molecule is CC(C)(C)c1cc(C=NNC(=Nc2ccccc2)c2cccc[nH+]2)cc(C(C)(C)C)c1O. The highest BCUT2D eigenvalue weighted by Crippen LogP contribution is 2.39. The van der Waals surface area contributed by atoms with Crippen LogP contribution in [0.2, 0.25) is 0 Å². The fourth-order valence-electron chi connectivity index (χ4n) is 3.36. The quantitative estimate of drug-likeness (QED) is 0.326. The second kappa shape index (κ2) is 9.35. The number of H-pyrrole nitrogens is 1. The Morgan fingerprint density at radius 3 is 2.00 bits per heavy atom. The number of rotatable bonds is 4. The van der Waals surface area contributed by atoms with Crippen molar-refractivity contribution in [2.75, 3.05) is 0 Å². The van der Waals surface area contributed by atoms with Crippen molar-refractivity contribution >= 4 is 17.7 Å². The van der Waals surface area contributed by atoms with Crippen LogP contribution in [0.4, 0.5) is 5.69 Å². The van der Waals surface area contributed by atoms with Crippen molar-refractivity contribution in [1.29, 1.82) is 0 Å². The minimum Gasteiger partial charge on any atom is -0.507 e. The number of benzene rings is 2. The molecular formula is C27H33N4O+. The number of hydrogen-bond donors (Lipinski definition) is 2. The number of pyridine rings is 1. The number of aliphatic imine (C=N–C) groups is 1. The number of hydrogen-bond acceptors (Lipinski definition) is 3. The summed E-state index contributed by atoms with van der Waals surface area (Å²) in [6.07, 6.45) is 3.62. The zero-order chi connectivity index (χ0) is 23.4. The van der Waals surface area contributed by atoms with E-state index in [0.717, 1.165) is 28.1 Å². The zero-order valence-corrected chi connectivity index (χ0v) is 19.8. The summed E-state index contributed by atoms with van der Waals surface area (Å²) >= 11 is 0. The molecule has 5 nitrogen and oxygen atoms in total. The molecule has 0 unspecified atom stereocenters. The lowest BCUT2D eigenvalue weighted by molar-refractivity contribution is -0.380. The molecule has 166 valence electrons. The summed E-state index contributed by atoms with van der Waals surface area (Å²) in [6.45, 7) is 12.6. The highest BCUT2D eigenvalue weighted by molar-refractivity contribution is 5.98. The Kier molecular flexibility index (Phi) is 6.78. The van der Waals surface area contributed by atoms with Gasteiger partial charge in [-0.25, -0.2) is 9.98 Å². The summed E-state index contributed by atoms with van der Waals surface area (Å²) in [5.74, 6) is 0.972. The molecule has 0 atom stereocenters. The third-order valence-corrected chi connectivity index (χ3v) is 5.09. The van der Waals surface area contributed by atoms with Crippen LogP contribution in [0.25, 0.3) is 0 Å². The molecule has 0 saturated carbocycles. The summed E-state index contributed by atoms with van der Waals surface area (Å²) in [5, 5.41) is 15.4. The number of para-hydroxylation sites is 1. The molecule has 0 spiro atoms. The smallest absolute Gasteiger partial charge is 0.248 e. The number of aromatic amines is 1. The van der Waals surface area contributed by atoms with Crippen molar-refractivity contribution in [3.8, 4) is 5.75 Å². The fraction of sp³-hybridized carbons (Fsp3) is 0.296. The van der Waals surface area contributed by atoms with Crippen LogP contribution in [-0.4, -0.2) is 17.2 Å². The van der Waals surface area contributed by atoms with Crippen LogP contribution < -0.4 is 10.4 Å². The van der Waals surface area contributed by atoms with Gasteiger partial charge in [0.2, 0.25) is 11.5 Å². The van der Waals surface area contributed by atoms with Gasteiger partial charge in [0.15, 0.2) is 6.20 Å². The molecule has 0 aliphatic carbocycles. The maximum absolute atomic E-state index is 10.9. The van der Waals surface area contributed by atoms with Crippen molar-refractivity contribution in [3.05, 3.63) is 89.2 Å². The Hall–Kier alpha value is -3.47. The van der Waals surface area contributed by atoms with Gasteiger partial charge in [0, 0.05) is 23.3 Å². The third-order valence-electron chi connectivity index (χ3n) is 5.09. The molecule has 1 aromatic heterocycles. The molecule has 32 heavy (non-hydrogen) atoms. The molecule has 2 aromatic carbocycles. The molecule has 0 aliphatic heterocycles. The number of aromatic nitrogens is 1. The zero-order valence-electron chi connectivity index (χ0n) is 19.8. The molecule has 0 amide bonds. The van der Waals surface area contributed by atoms with E-state index >= 15 is 0 Å². The Morgan fingerprint density at radius 1 is 0.875 bits per heavy atom. The first kappa shape index (κ1) is 23.2. The molecule has 1 heterocycles. The molecule has 0 fully saturated rings. The largest absolute Gasteiger partial charge is 0.507 e. The normalized spacial score (nSPS) is 12.9. The molecule has 0 aliphatic rings. The summed E-state index contributed by atoms with van der Waals surface area (Å²) in [6, 6.07) is 19.6. The number of phenolic OH excluding ortho intramolecular Hbond substituents is 1. The molecule has 0 bridgehead atoms. The maximum atomic E-state index is 10.9. The average Bonchev–Trinajstić information content (AvgIpc) is 2.73. The van der Waals surface area contributed by atoms with E-state index in [0.29, 0.717) is 11.6 Å². The molecule has 3 aromatic rings. The van der Waals surface area contributed by atoms with E-state index in [1.807, 2.05) is 66.9 Å². The number of nitrogens with one attached hydrogen (secondary N) is 2.